The predicted octanol–water partition coefficient (Wildman–Crippen LogP) is 2.76. The van der Waals surface area contributed by atoms with E-state index in [9.17, 15) is 4.79 Å². The van der Waals surface area contributed by atoms with Crippen LogP contribution >= 0.6 is 0 Å². The molecule has 2 aliphatic rings. The molecule has 4 rings (SSSR count). The number of rotatable bonds is 4. The van der Waals surface area contributed by atoms with E-state index >= 15 is 0 Å². The van der Waals surface area contributed by atoms with Crippen LogP contribution in [-0.4, -0.2) is 52.9 Å². The first kappa shape index (κ1) is 17.9. The van der Waals surface area contributed by atoms with E-state index in [1.807, 2.05) is 23.1 Å². The molecule has 1 aromatic carbocycles. The third-order valence-corrected chi connectivity index (χ3v) is 5.15. The first-order valence-electron chi connectivity index (χ1n) is 9.44. The van der Waals surface area contributed by atoms with Crippen LogP contribution in [0, 0.1) is 0 Å². The summed E-state index contributed by atoms with van der Waals surface area (Å²) in [6.45, 7) is 4.57. The standard InChI is InChI=1S/C20H24N4O3/c1-2-15-5-3-4-6-16(15)22-19-21-10-7-17(23-19)18(25)24-11-8-20(9-12-24)26-13-14-27-20/h3-7,10H,2,8-9,11-14H2,1H3,(H,21,22,23). The summed E-state index contributed by atoms with van der Waals surface area (Å²) in [4.78, 5) is 23.4. The summed E-state index contributed by atoms with van der Waals surface area (Å²) in [7, 11) is 0. The van der Waals surface area contributed by atoms with E-state index in [2.05, 4.69) is 28.3 Å². The highest BCUT2D eigenvalue weighted by Gasteiger charge is 2.41. The van der Waals surface area contributed by atoms with Gasteiger partial charge in [-0.25, -0.2) is 9.97 Å². The lowest BCUT2D eigenvalue weighted by Crippen LogP contribution is -2.47. The number of nitrogens with one attached hydrogen (secondary N) is 1. The quantitative estimate of drug-likeness (QED) is 0.894. The Hall–Kier alpha value is -2.51. The molecule has 0 bridgehead atoms. The van der Waals surface area contributed by atoms with Crippen LogP contribution in [0.4, 0.5) is 11.6 Å². The van der Waals surface area contributed by atoms with Crippen LogP contribution < -0.4 is 5.32 Å². The summed E-state index contributed by atoms with van der Waals surface area (Å²) < 4.78 is 11.5. The number of aryl methyl sites for hydroxylation is 1. The van der Waals surface area contributed by atoms with Crippen LogP contribution in [0.15, 0.2) is 36.5 Å². The van der Waals surface area contributed by atoms with Gasteiger partial charge in [0.15, 0.2) is 5.79 Å². The zero-order valence-corrected chi connectivity index (χ0v) is 15.5. The summed E-state index contributed by atoms with van der Waals surface area (Å²) in [5.74, 6) is -0.145. The molecule has 7 nitrogen and oxygen atoms in total. The fourth-order valence-corrected chi connectivity index (χ4v) is 3.61. The Morgan fingerprint density at radius 1 is 1.19 bits per heavy atom. The molecule has 1 amide bonds. The molecule has 2 aliphatic heterocycles. The molecule has 7 heteroatoms. The molecule has 0 saturated carbocycles. The Balaban J connectivity index is 1.45. The van der Waals surface area contributed by atoms with Crippen molar-refractivity contribution >= 4 is 17.5 Å². The number of nitrogens with zero attached hydrogens (tertiary/aromatic N) is 3. The fraction of sp³-hybridized carbons (Fsp3) is 0.450. The number of ether oxygens (including phenoxy) is 2. The summed E-state index contributed by atoms with van der Waals surface area (Å²) >= 11 is 0. The minimum atomic E-state index is -0.487. The summed E-state index contributed by atoms with van der Waals surface area (Å²) in [6.07, 6.45) is 3.91. The maximum absolute atomic E-state index is 12.9. The van der Waals surface area contributed by atoms with Crippen molar-refractivity contribution in [3.05, 3.63) is 47.8 Å². The molecule has 27 heavy (non-hydrogen) atoms. The molecule has 0 atom stereocenters. The number of piperidine rings is 1. The van der Waals surface area contributed by atoms with Crippen LogP contribution in [0.3, 0.4) is 0 Å². The van der Waals surface area contributed by atoms with Gasteiger partial charge in [0.1, 0.15) is 5.69 Å². The molecular formula is C20H24N4O3. The second-order valence-electron chi connectivity index (χ2n) is 6.80. The van der Waals surface area contributed by atoms with Crippen LogP contribution in [0.2, 0.25) is 0 Å². The van der Waals surface area contributed by atoms with Crippen LogP contribution in [0.25, 0.3) is 0 Å². The molecule has 1 N–H and O–H groups in total. The van der Waals surface area contributed by atoms with Gasteiger partial charge in [-0.3, -0.25) is 4.79 Å². The highest BCUT2D eigenvalue weighted by Crippen LogP contribution is 2.31. The van der Waals surface area contributed by atoms with Gasteiger partial charge in [0, 0.05) is 37.8 Å². The lowest BCUT2D eigenvalue weighted by molar-refractivity contribution is -0.181. The monoisotopic (exact) mass is 368 g/mol. The van der Waals surface area contributed by atoms with E-state index in [0.29, 0.717) is 50.8 Å². The number of hydrogen-bond acceptors (Lipinski definition) is 6. The van der Waals surface area contributed by atoms with Crippen molar-refractivity contribution in [2.24, 2.45) is 0 Å². The average Bonchev–Trinajstić information content (AvgIpc) is 3.17. The van der Waals surface area contributed by atoms with Crippen LogP contribution in [0.5, 0.6) is 0 Å². The van der Waals surface area contributed by atoms with E-state index in [1.54, 1.807) is 12.3 Å². The topological polar surface area (TPSA) is 76.6 Å². The second-order valence-corrected chi connectivity index (χ2v) is 6.80. The van der Waals surface area contributed by atoms with Gasteiger partial charge >= 0.3 is 0 Å². The Morgan fingerprint density at radius 2 is 1.93 bits per heavy atom. The molecule has 2 saturated heterocycles. The van der Waals surface area contributed by atoms with Crippen molar-refractivity contribution in [1.82, 2.24) is 14.9 Å². The predicted molar refractivity (Wildman–Crippen MR) is 101 cm³/mol. The Bertz CT molecular complexity index is 810. The molecule has 3 heterocycles. The highest BCUT2D eigenvalue weighted by atomic mass is 16.7. The van der Waals surface area contributed by atoms with Gasteiger partial charge in [0.25, 0.3) is 5.91 Å². The number of benzene rings is 1. The van der Waals surface area contributed by atoms with Gasteiger partial charge in [-0.2, -0.15) is 0 Å². The van der Waals surface area contributed by atoms with Crippen molar-refractivity contribution in [1.29, 1.82) is 0 Å². The van der Waals surface area contributed by atoms with Gasteiger partial charge in [0.2, 0.25) is 5.95 Å². The van der Waals surface area contributed by atoms with Gasteiger partial charge in [-0.05, 0) is 24.1 Å². The maximum Gasteiger partial charge on any atom is 0.272 e. The number of para-hydroxylation sites is 1. The van der Waals surface area contributed by atoms with Crippen molar-refractivity contribution < 1.29 is 14.3 Å². The third-order valence-electron chi connectivity index (χ3n) is 5.15. The van der Waals surface area contributed by atoms with Crippen molar-refractivity contribution in [3.8, 4) is 0 Å². The van der Waals surface area contributed by atoms with E-state index in [-0.39, 0.29) is 5.91 Å². The summed E-state index contributed by atoms with van der Waals surface area (Å²) in [5.41, 5.74) is 2.53. The van der Waals surface area contributed by atoms with E-state index in [0.717, 1.165) is 12.1 Å². The van der Waals surface area contributed by atoms with Crippen LogP contribution in [-0.2, 0) is 15.9 Å². The second kappa shape index (κ2) is 7.62. The number of anilines is 2. The zero-order valence-electron chi connectivity index (χ0n) is 15.5. The van der Waals surface area contributed by atoms with Gasteiger partial charge < -0.3 is 19.7 Å². The van der Waals surface area contributed by atoms with E-state index < -0.39 is 5.79 Å². The number of carbonyl (C=O) groups excluding carboxylic acids is 1. The first-order valence-corrected chi connectivity index (χ1v) is 9.44. The molecular weight excluding hydrogens is 344 g/mol. The zero-order chi connectivity index (χ0) is 18.7. The Labute approximate surface area is 158 Å². The summed E-state index contributed by atoms with van der Waals surface area (Å²) in [6, 6.07) is 9.68. The molecule has 0 radical (unpaired) electrons. The van der Waals surface area contributed by atoms with E-state index in [1.165, 1.54) is 5.56 Å². The van der Waals surface area contributed by atoms with Crippen molar-refractivity contribution in [3.63, 3.8) is 0 Å². The highest BCUT2D eigenvalue weighted by molar-refractivity contribution is 5.92. The molecule has 0 unspecified atom stereocenters. The van der Waals surface area contributed by atoms with Crippen LogP contribution in [0.1, 0.15) is 35.8 Å². The summed E-state index contributed by atoms with van der Waals surface area (Å²) in [5, 5.41) is 3.23. The maximum atomic E-state index is 12.9. The molecule has 1 spiro atoms. The largest absolute Gasteiger partial charge is 0.347 e. The first-order chi connectivity index (χ1) is 13.2. The fourth-order valence-electron chi connectivity index (χ4n) is 3.61. The van der Waals surface area contributed by atoms with Gasteiger partial charge in [-0.15, -0.1) is 0 Å². The number of hydrogen-bond donors (Lipinski definition) is 1. The Morgan fingerprint density at radius 3 is 2.67 bits per heavy atom. The normalized spacial score (nSPS) is 18.6. The number of likely N-dealkylation sites (tertiary alicyclic amines) is 1. The number of amides is 1. The minimum Gasteiger partial charge on any atom is -0.347 e. The number of aromatic nitrogens is 2. The molecule has 2 aromatic rings. The molecule has 2 fully saturated rings. The smallest absolute Gasteiger partial charge is 0.272 e. The SMILES string of the molecule is CCc1ccccc1Nc1nccc(C(=O)N2CCC3(CC2)OCCO3)n1. The average molecular weight is 368 g/mol. The molecule has 0 aliphatic carbocycles. The van der Waals surface area contributed by atoms with E-state index in [4.69, 9.17) is 9.47 Å². The van der Waals surface area contributed by atoms with Crippen molar-refractivity contribution in [2.45, 2.75) is 32.0 Å². The molecule has 1 aromatic heterocycles. The minimum absolute atomic E-state index is 0.0860. The van der Waals surface area contributed by atoms with Crippen molar-refractivity contribution in [2.75, 3.05) is 31.6 Å². The van der Waals surface area contributed by atoms with Gasteiger partial charge in [0.05, 0.1) is 13.2 Å². The molecule has 142 valence electrons. The number of carbonyl (C=O) groups is 1. The lowest BCUT2D eigenvalue weighted by Gasteiger charge is -2.37. The third kappa shape index (κ3) is 3.79. The van der Waals surface area contributed by atoms with Gasteiger partial charge in [-0.1, -0.05) is 25.1 Å². The lowest BCUT2D eigenvalue weighted by atomic mass is 10.0. The Kier molecular flexibility index (Phi) is 5.05.